The lowest BCUT2D eigenvalue weighted by atomic mass is 9.96. The average Bonchev–Trinajstić information content (AvgIpc) is 2.74. The summed E-state index contributed by atoms with van der Waals surface area (Å²) in [6.07, 6.45) is 3.21. The molecule has 0 bridgehead atoms. The Morgan fingerprint density at radius 2 is 1.59 bits per heavy atom. The number of aryl methyl sites for hydroxylation is 2. The number of carbonyl (C=O) groups is 1. The Morgan fingerprint density at radius 3 is 2.41 bits per heavy atom. The van der Waals surface area contributed by atoms with Crippen LogP contribution >= 0.6 is 0 Å². The standard InChI is InChI=1S/C22H22N2.CH2O2/c1-3-11-20-17(7-1)9-5-10-18(20)13-14-19-8-2-4-12-21(19)22-23-15-6-16-24-22;2-1-3/h1-5,7-12H,6,13-16H2,(H,23,24);1H,(H,2,3). The molecule has 0 radical (unpaired) electrons. The van der Waals surface area contributed by atoms with Gasteiger partial charge in [0.15, 0.2) is 0 Å². The van der Waals surface area contributed by atoms with Gasteiger partial charge in [0, 0.05) is 18.7 Å². The van der Waals surface area contributed by atoms with Crippen LogP contribution in [0.15, 0.2) is 71.7 Å². The predicted octanol–water partition coefficient (Wildman–Crippen LogP) is 4.07. The number of carboxylic acid groups (broad SMARTS) is 1. The number of nitrogens with zero attached hydrogens (tertiary/aromatic N) is 1. The van der Waals surface area contributed by atoms with E-state index in [1.807, 2.05) is 0 Å². The lowest BCUT2D eigenvalue weighted by Gasteiger charge is -2.17. The number of benzene rings is 3. The molecule has 0 saturated carbocycles. The number of hydrogen-bond donors (Lipinski definition) is 2. The van der Waals surface area contributed by atoms with Gasteiger partial charge in [0.1, 0.15) is 5.84 Å². The molecule has 0 aromatic heterocycles. The number of hydrogen-bond acceptors (Lipinski definition) is 3. The first-order valence-electron chi connectivity index (χ1n) is 9.24. The van der Waals surface area contributed by atoms with E-state index in [0.717, 1.165) is 38.2 Å². The van der Waals surface area contributed by atoms with Gasteiger partial charge < -0.3 is 10.4 Å². The molecule has 27 heavy (non-hydrogen) atoms. The minimum atomic E-state index is -0.250. The maximum Gasteiger partial charge on any atom is 0.290 e. The largest absolute Gasteiger partial charge is 0.483 e. The first kappa shape index (κ1) is 18.6. The third-order valence-electron chi connectivity index (χ3n) is 4.71. The minimum absolute atomic E-state index is 0.250. The van der Waals surface area contributed by atoms with E-state index >= 15 is 0 Å². The fourth-order valence-corrected chi connectivity index (χ4v) is 3.46. The number of aliphatic imine (C=N–C) groups is 1. The van der Waals surface area contributed by atoms with Gasteiger partial charge in [-0.2, -0.15) is 0 Å². The second-order valence-corrected chi connectivity index (χ2v) is 6.41. The molecule has 0 amide bonds. The summed E-state index contributed by atoms with van der Waals surface area (Å²) in [5.41, 5.74) is 4.05. The smallest absolute Gasteiger partial charge is 0.290 e. The Hall–Kier alpha value is -3.14. The third kappa shape index (κ3) is 4.73. The van der Waals surface area contributed by atoms with Gasteiger partial charge >= 0.3 is 0 Å². The van der Waals surface area contributed by atoms with E-state index in [-0.39, 0.29) is 6.47 Å². The molecular formula is C23H24N2O2. The summed E-state index contributed by atoms with van der Waals surface area (Å²) in [7, 11) is 0. The number of rotatable bonds is 4. The summed E-state index contributed by atoms with van der Waals surface area (Å²) in [4.78, 5) is 13.0. The van der Waals surface area contributed by atoms with Crippen molar-refractivity contribution < 1.29 is 9.90 Å². The SMILES string of the molecule is O=CO.c1ccc(C2=NCCCN2)c(CCc2cccc3ccccc23)c1. The quantitative estimate of drug-likeness (QED) is 0.690. The van der Waals surface area contributed by atoms with Crippen LogP contribution in [-0.2, 0) is 17.6 Å². The topological polar surface area (TPSA) is 61.7 Å². The fourth-order valence-electron chi connectivity index (χ4n) is 3.46. The maximum atomic E-state index is 8.36. The zero-order chi connectivity index (χ0) is 18.9. The Kier molecular flexibility index (Phi) is 6.58. The molecule has 1 aliphatic rings. The van der Waals surface area contributed by atoms with Gasteiger partial charge in [-0.3, -0.25) is 9.79 Å². The number of nitrogens with one attached hydrogen (secondary N) is 1. The van der Waals surface area contributed by atoms with Crippen molar-refractivity contribution in [3.05, 3.63) is 83.4 Å². The van der Waals surface area contributed by atoms with Crippen LogP contribution in [0.4, 0.5) is 0 Å². The summed E-state index contributed by atoms with van der Waals surface area (Å²) in [6.45, 7) is 1.70. The van der Waals surface area contributed by atoms with Crippen molar-refractivity contribution in [2.75, 3.05) is 13.1 Å². The predicted molar refractivity (Wildman–Crippen MR) is 111 cm³/mol. The molecule has 3 aromatic rings. The molecule has 0 aliphatic carbocycles. The average molecular weight is 360 g/mol. The molecule has 1 aliphatic heterocycles. The molecule has 0 atom stereocenters. The zero-order valence-corrected chi connectivity index (χ0v) is 15.3. The summed E-state index contributed by atoms with van der Waals surface area (Å²) < 4.78 is 0. The van der Waals surface area contributed by atoms with Gasteiger partial charge in [-0.05, 0) is 41.2 Å². The molecule has 3 aromatic carbocycles. The van der Waals surface area contributed by atoms with Crippen molar-refractivity contribution in [1.82, 2.24) is 5.32 Å². The maximum absolute atomic E-state index is 8.36. The molecule has 0 unspecified atom stereocenters. The molecule has 4 rings (SSSR count). The van der Waals surface area contributed by atoms with Gasteiger partial charge in [-0.25, -0.2) is 0 Å². The molecule has 4 nitrogen and oxygen atoms in total. The molecule has 0 saturated heterocycles. The lowest BCUT2D eigenvalue weighted by Crippen LogP contribution is -2.31. The van der Waals surface area contributed by atoms with E-state index in [2.05, 4.69) is 77.0 Å². The van der Waals surface area contributed by atoms with E-state index in [1.54, 1.807) is 0 Å². The van der Waals surface area contributed by atoms with Gasteiger partial charge in [-0.15, -0.1) is 0 Å². The number of fused-ring (bicyclic) bond motifs is 1. The summed E-state index contributed by atoms with van der Waals surface area (Å²) in [5, 5.41) is 13.0. The first-order valence-corrected chi connectivity index (χ1v) is 9.24. The monoisotopic (exact) mass is 360 g/mol. The highest BCUT2D eigenvalue weighted by Gasteiger charge is 2.11. The van der Waals surface area contributed by atoms with E-state index in [9.17, 15) is 0 Å². The molecule has 2 N–H and O–H groups in total. The molecule has 138 valence electrons. The first-order chi connectivity index (χ1) is 13.3. The summed E-state index contributed by atoms with van der Waals surface area (Å²) in [6, 6.07) is 23.9. The van der Waals surface area contributed by atoms with Crippen molar-refractivity contribution in [2.45, 2.75) is 19.3 Å². The van der Waals surface area contributed by atoms with Crippen LogP contribution in [0.25, 0.3) is 10.8 Å². The van der Waals surface area contributed by atoms with Crippen LogP contribution in [-0.4, -0.2) is 30.5 Å². The molecule has 0 spiro atoms. The van der Waals surface area contributed by atoms with Crippen LogP contribution in [0.5, 0.6) is 0 Å². The Bertz CT molecular complexity index is 929. The van der Waals surface area contributed by atoms with E-state index in [0.29, 0.717) is 0 Å². The Labute approximate surface area is 159 Å². The fraction of sp³-hybridized carbons (Fsp3) is 0.217. The second-order valence-electron chi connectivity index (χ2n) is 6.41. The zero-order valence-electron chi connectivity index (χ0n) is 15.3. The van der Waals surface area contributed by atoms with Crippen molar-refractivity contribution in [1.29, 1.82) is 0 Å². The normalized spacial score (nSPS) is 13.1. The number of amidine groups is 1. The lowest BCUT2D eigenvalue weighted by molar-refractivity contribution is -0.122. The van der Waals surface area contributed by atoms with Crippen LogP contribution in [0.2, 0.25) is 0 Å². The Morgan fingerprint density at radius 1 is 0.926 bits per heavy atom. The highest BCUT2D eigenvalue weighted by Crippen LogP contribution is 2.21. The van der Waals surface area contributed by atoms with Crippen molar-refractivity contribution >= 4 is 23.1 Å². The van der Waals surface area contributed by atoms with Crippen LogP contribution in [0.3, 0.4) is 0 Å². The van der Waals surface area contributed by atoms with E-state index in [4.69, 9.17) is 9.90 Å². The highest BCUT2D eigenvalue weighted by molar-refractivity contribution is 6.00. The van der Waals surface area contributed by atoms with Gasteiger partial charge in [0.25, 0.3) is 6.47 Å². The van der Waals surface area contributed by atoms with Crippen molar-refractivity contribution in [3.63, 3.8) is 0 Å². The highest BCUT2D eigenvalue weighted by atomic mass is 16.3. The summed E-state index contributed by atoms with van der Waals surface area (Å²) >= 11 is 0. The summed E-state index contributed by atoms with van der Waals surface area (Å²) in [5.74, 6) is 1.06. The van der Waals surface area contributed by atoms with Crippen LogP contribution in [0.1, 0.15) is 23.1 Å². The molecule has 0 fully saturated rings. The molecule has 4 heteroatoms. The molecular weight excluding hydrogens is 336 g/mol. The van der Waals surface area contributed by atoms with Gasteiger partial charge in [0.05, 0.1) is 0 Å². The van der Waals surface area contributed by atoms with E-state index in [1.165, 1.54) is 27.5 Å². The third-order valence-corrected chi connectivity index (χ3v) is 4.71. The van der Waals surface area contributed by atoms with E-state index < -0.39 is 0 Å². The van der Waals surface area contributed by atoms with Crippen molar-refractivity contribution in [3.8, 4) is 0 Å². The van der Waals surface area contributed by atoms with Gasteiger partial charge in [0.2, 0.25) is 0 Å². The Balaban J connectivity index is 0.000000659. The van der Waals surface area contributed by atoms with Crippen LogP contribution < -0.4 is 5.32 Å². The minimum Gasteiger partial charge on any atom is -0.483 e. The molecule has 1 heterocycles. The van der Waals surface area contributed by atoms with Gasteiger partial charge in [-0.1, -0.05) is 66.7 Å². The second kappa shape index (κ2) is 9.53. The van der Waals surface area contributed by atoms with Crippen LogP contribution in [0, 0.1) is 0 Å². The van der Waals surface area contributed by atoms with Crippen molar-refractivity contribution in [2.24, 2.45) is 4.99 Å².